The van der Waals surface area contributed by atoms with E-state index in [1.165, 1.54) is 0 Å². The molecule has 1 unspecified atom stereocenters. The van der Waals surface area contributed by atoms with Gasteiger partial charge in [0.2, 0.25) is 5.91 Å². The highest BCUT2D eigenvalue weighted by Gasteiger charge is 2.33. The monoisotopic (exact) mass is 409 g/mol. The topological polar surface area (TPSA) is 72.3 Å². The Morgan fingerprint density at radius 2 is 1.83 bits per heavy atom. The first-order valence-corrected chi connectivity index (χ1v) is 11.4. The van der Waals surface area contributed by atoms with E-state index >= 15 is 0 Å². The molecule has 3 aromatic rings. The number of aromatic nitrogens is 2. The van der Waals surface area contributed by atoms with Gasteiger partial charge < -0.3 is 9.47 Å². The van der Waals surface area contributed by atoms with E-state index in [0.29, 0.717) is 12.4 Å². The van der Waals surface area contributed by atoms with Crippen LogP contribution < -0.4 is 4.90 Å². The average Bonchev–Trinajstić information content (AvgIpc) is 3.24. The fourth-order valence-electron chi connectivity index (χ4n) is 3.86. The predicted molar refractivity (Wildman–Crippen MR) is 112 cm³/mol. The first-order chi connectivity index (χ1) is 13.9. The molecule has 29 heavy (non-hydrogen) atoms. The lowest BCUT2D eigenvalue weighted by Crippen LogP contribution is -2.40. The van der Waals surface area contributed by atoms with Crippen LogP contribution in [0.5, 0.6) is 0 Å². The van der Waals surface area contributed by atoms with Crippen molar-refractivity contribution in [2.75, 3.05) is 10.7 Å². The number of rotatable bonds is 6. The lowest BCUT2D eigenvalue weighted by Gasteiger charge is -2.22. The van der Waals surface area contributed by atoms with Gasteiger partial charge in [-0.05, 0) is 30.5 Å². The third kappa shape index (κ3) is 4.24. The lowest BCUT2D eigenvalue weighted by atomic mass is 10.1. The molecular weight excluding hydrogens is 386 g/mol. The van der Waals surface area contributed by atoms with Gasteiger partial charge in [-0.25, -0.2) is 13.4 Å². The van der Waals surface area contributed by atoms with Crippen LogP contribution in [0.25, 0.3) is 0 Å². The van der Waals surface area contributed by atoms with Gasteiger partial charge in [0.25, 0.3) is 0 Å². The standard InChI is InChI=1S/C22H23N3O3S/c1-17-13-19-9-5-6-10-20(19)25(17)22(26)16-29(27,28)15-21-23-11-12-24(21)14-18-7-3-2-4-8-18/h2-12,17H,13-16H2,1H3. The van der Waals surface area contributed by atoms with Crippen molar-refractivity contribution in [3.8, 4) is 0 Å². The summed E-state index contributed by atoms with van der Waals surface area (Å²) in [7, 11) is -3.66. The summed E-state index contributed by atoms with van der Waals surface area (Å²) in [5.41, 5.74) is 2.94. The smallest absolute Gasteiger partial charge is 0.242 e. The predicted octanol–water partition coefficient (Wildman–Crippen LogP) is 2.82. The fourth-order valence-corrected chi connectivity index (χ4v) is 5.11. The summed E-state index contributed by atoms with van der Waals surface area (Å²) in [5, 5.41) is 0. The minimum absolute atomic E-state index is 0.0461. The van der Waals surface area contributed by atoms with Crippen molar-refractivity contribution in [2.45, 2.75) is 31.7 Å². The average molecular weight is 410 g/mol. The number of fused-ring (bicyclic) bond motifs is 1. The normalized spacial score (nSPS) is 16.0. The van der Waals surface area contributed by atoms with Gasteiger partial charge in [-0.3, -0.25) is 4.79 Å². The summed E-state index contributed by atoms with van der Waals surface area (Å²) >= 11 is 0. The number of sulfone groups is 1. The molecule has 150 valence electrons. The van der Waals surface area contributed by atoms with Crippen LogP contribution in [0.15, 0.2) is 67.0 Å². The van der Waals surface area contributed by atoms with E-state index in [9.17, 15) is 13.2 Å². The van der Waals surface area contributed by atoms with Gasteiger partial charge in [0, 0.05) is 30.7 Å². The van der Waals surface area contributed by atoms with Crippen LogP contribution in [0, 0.1) is 0 Å². The third-order valence-corrected chi connectivity index (χ3v) is 6.55. The molecule has 4 rings (SSSR count). The number of amides is 1. The maximum Gasteiger partial charge on any atom is 0.242 e. The number of carbonyl (C=O) groups excluding carboxylic acids is 1. The van der Waals surface area contributed by atoms with E-state index in [-0.39, 0.29) is 17.7 Å². The van der Waals surface area contributed by atoms with E-state index in [1.807, 2.05) is 66.1 Å². The summed E-state index contributed by atoms with van der Waals surface area (Å²) in [5.74, 6) is -0.730. The second kappa shape index (κ2) is 7.83. The number of imidazole rings is 1. The van der Waals surface area contributed by atoms with Gasteiger partial charge in [-0.15, -0.1) is 0 Å². The fraction of sp³-hybridized carbons (Fsp3) is 0.273. The van der Waals surface area contributed by atoms with Gasteiger partial charge in [-0.1, -0.05) is 48.5 Å². The van der Waals surface area contributed by atoms with Crippen molar-refractivity contribution in [1.82, 2.24) is 9.55 Å². The lowest BCUT2D eigenvalue weighted by molar-refractivity contribution is -0.116. The second-order valence-electron chi connectivity index (χ2n) is 7.43. The molecule has 7 heteroatoms. The number of hydrogen-bond donors (Lipinski definition) is 0. The van der Waals surface area contributed by atoms with Gasteiger partial charge in [0.15, 0.2) is 9.84 Å². The summed E-state index contributed by atoms with van der Waals surface area (Å²) in [6.07, 6.45) is 4.09. The zero-order valence-corrected chi connectivity index (χ0v) is 17.0. The quantitative estimate of drug-likeness (QED) is 0.628. The van der Waals surface area contributed by atoms with Crippen LogP contribution in [0.1, 0.15) is 23.9 Å². The minimum Gasteiger partial charge on any atom is -0.330 e. The van der Waals surface area contributed by atoms with Crippen LogP contribution in [-0.4, -0.2) is 35.7 Å². The highest BCUT2D eigenvalue weighted by Crippen LogP contribution is 2.32. The molecule has 0 aliphatic carbocycles. The van der Waals surface area contributed by atoms with E-state index < -0.39 is 15.6 Å². The molecule has 0 saturated carbocycles. The van der Waals surface area contributed by atoms with Crippen molar-refractivity contribution >= 4 is 21.4 Å². The highest BCUT2D eigenvalue weighted by molar-refractivity contribution is 7.91. The molecule has 1 amide bonds. The van der Waals surface area contributed by atoms with Crippen molar-refractivity contribution in [2.24, 2.45) is 0 Å². The molecule has 2 aromatic carbocycles. The second-order valence-corrected chi connectivity index (χ2v) is 9.50. The zero-order chi connectivity index (χ0) is 20.4. The first kappa shape index (κ1) is 19.4. The van der Waals surface area contributed by atoms with E-state index in [2.05, 4.69) is 4.98 Å². The summed E-state index contributed by atoms with van der Waals surface area (Å²) in [6.45, 7) is 2.48. The Kier molecular flexibility index (Phi) is 5.24. The Bertz CT molecular complexity index is 1120. The highest BCUT2D eigenvalue weighted by atomic mass is 32.2. The number of carbonyl (C=O) groups is 1. The molecule has 0 radical (unpaired) electrons. The van der Waals surface area contributed by atoms with Gasteiger partial charge in [0.05, 0.1) is 0 Å². The van der Waals surface area contributed by atoms with Gasteiger partial charge in [0.1, 0.15) is 17.3 Å². The Labute approximate surface area is 170 Å². The Morgan fingerprint density at radius 3 is 2.62 bits per heavy atom. The SMILES string of the molecule is CC1Cc2ccccc2N1C(=O)CS(=O)(=O)Cc1nccn1Cc1ccccc1. The summed E-state index contributed by atoms with van der Waals surface area (Å²) in [6, 6.07) is 17.4. The van der Waals surface area contributed by atoms with Crippen LogP contribution >= 0.6 is 0 Å². The first-order valence-electron chi connectivity index (χ1n) is 9.57. The molecule has 1 aliphatic rings. The van der Waals surface area contributed by atoms with E-state index in [4.69, 9.17) is 0 Å². The Morgan fingerprint density at radius 1 is 1.10 bits per heavy atom. The van der Waals surface area contributed by atoms with Crippen molar-refractivity contribution in [3.63, 3.8) is 0 Å². The number of anilines is 1. The molecule has 1 aromatic heterocycles. The maximum atomic E-state index is 12.9. The number of nitrogens with zero attached hydrogens (tertiary/aromatic N) is 3. The number of para-hydroxylation sites is 1. The molecular formula is C22H23N3O3S. The van der Waals surface area contributed by atoms with Crippen molar-refractivity contribution in [1.29, 1.82) is 0 Å². The minimum atomic E-state index is -3.66. The van der Waals surface area contributed by atoms with Crippen LogP contribution in [0.3, 0.4) is 0 Å². The number of benzene rings is 2. The third-order valence-electron chi connectivity index (χ3n) is 5.17. The zero-order valence-electron chi connectivity index (χ0n) is 16.2. The van der Waals surface area contributed by atoms with Gasteiger partial charge in [-0.2, -0.15) is 0 Å². The molecule has 2 heterocycles. The molecule has 0 fully saturated rings. The Balaban J connectivity index is 1.48. The Hall–Kier alpha value is -2.93. The van der Waals surface area contributed by atoms with Crippen LogP contribution in [0.2, 0.25) is 0 Å². The van der Waals surface area contributed by atoms with Crippen LogP contribution in [-0.2, 0) is 33.4 Å². The molecule has 0 spiro atoms. The van der Waals surface area contributed by atoms with Gasteiger partial charge >= 0.3 is 0 Å². The molecule has 0 N–H and O–H groups in total. The van der Waals surface area contributed by atoms with Crippen LogP contribution in [0.4, 0.5) is 5.69 Å². The largest absolute Gasteiger partial charge is 0.330 e. The maximum absolute atomic E-state index is 12.9. The van der Waals surface area contributed by atoms with Crippen molar-refractivity contribution < 1.29 is 13.2 Å². The molecule has 6 nitrogen and oxygen atoms in total. The molecule has 1 atom stereocenters. The molecule has 0 saturated heterocycles. The molecule has 1 aliphatic heterocycles. The van der Waals surface area contributed by atoms with Crippen molar-refractivity contribution in [3.05, 3.63) is 83.9 Å². The summed E-state index contributed by atoms with van der Waals surface area (Å²) < 4.78 is 27.4. The molecule has 0 bridgehead atoms. The number of hydrogen-bond acceptors (Lipinski definition) is 4. The van der Waals surface area contributed by atoms with E-state index in [1.54, 1.807) is 17.3 Å². The summed E-state index contributed by atoms with van der Waals surface area (Å²) in [4.78, 5) is 18.7. The van der Waals surface area contributed by atoms with E-state index in [0.717, 1.165) is 23.2 Å².